The van der Waals surface area contributed by atoms with Crippen molar-refractivity contribution < 1.29 is 28.1 Å². The maximum Gasteiger partial charge on any atom is 0.180 e. The Hall–Kier alpha value is -0.810. The summed E-state index contributed by atoms with van der Waals surface area (Å²) in [6, 6.07) is 0. The minimum atomic E-state index is -2.57. The fraction of sp³-hybridized carbons (Fsp3) is 0.600. The van der Waals surface area contributed by atoms with Gasteiger partial charge in [-0.25, -0.2) is 13.2 Å². The van der Waals surface area contributed by atoms with Gasteiger partial charge in [-0.3, -0.25) is 4.57 Å². The number of aliphatic hydroxyl groups is 2. The van der Waals surface area contributed by atoms with Crippen LogP contribution in [0.1, 0.15) is 6.23 Å². The van der Waals surface area contributed by atoms with E-state index >= 15 is 0 Å². The van der Waals surface area contributed by atoms with Crippen LogP contribution in [-0.4, -0.2) is 50.9 Å². The monoisotopic (exact) mass is 328 g/mol. The van der Waals surface area contributed by atoms with Crippen molar-refractivity contribution >= 4 is 24.4 Å². The summed E-state index contributed by atoms with van der Waals surface area (Å²) >= 11 is 9.50. The summed E-state index contributed by atoms with van der Waals surface area (Å²) < 4.78 is 45.9. The summed E-state index contributed by atoms with van der Waals surface area (Å²) in [6.07, 6.45) is -4.45. The summed E-state index contributed by atoms with van der Waals surface area (Å²) in [7, 11) is 0. The van der Waals surface area contributed by atoms with Gasteiger partial charge in [0.2, 0.25) is 0 Å². The van der Waals surface area contributed by atoms with Crippen LogP contribution in [-0.2, 0) is 4.74 Å². The minimum Gasteiger partial charge on any atom is -0.394 e. The normalized spacial score (nSPS) is 33.5. The number of nitrogens with one attached hydrogen (secondary N) is 1. The van der Waals surface area contributed by atoms with Gasteiger partial charge in [-0.05, 0) is 12.2 Å². The Labute approximate surface area is 121 Å². The molecule has 0 radical (unpaired) electrons. The second-order valence-electron chi connectivity index (χ2n) is 4.38. The first kappa shape index (κ1) is 15.6. The van der Waals surface area contributed by atoms with Crippen LogP contribution in [0.15, 0.2) is 6.20 Å². The molecular weight excluding hydrogens is 317 g/mol. The van der Waals surface area contributed by atoms with Gasteiger partial charge in [-0.2, -0.15) is 0 Å². The number of aliphatic hydroxyl groups excluding tert-OH is 1. The molecule has 1 unspecified atom stereocenters. The molecule has 2 rings (SSSR count). The molecule has 1 aromatic rings. The fourth-order valence-corrected chi connectivity index (χ4v) is 2.49. The van der Waals surface area contributed by atoms with E-state index in [0.29, 0.717) is 0 Å². The largest absolute Gasteiger partial charge is 0.394 e. The summed E-state index contributed by atoms with van der Waals surface area (Å²) in [5.41, 5.74) is -2.57. The molecule has 1 aliphatic heterocycles. The quantitative estimate of drug-likeness (QED) is 0.731. The number of hydrogen-bond donors (Lipinski definition) is 3. The number of H-pyrrole nitrogens is 1. The Kier molecular flexibility index (Phi) is 4.30. The highest BCUT2D eigenvalue weighted by Gasteiger charge is 2.57. The summed E-state index contributed by atoms with van der Waals surface area (Å²) in [5, 5.41) is 19.0. The van der Waals surface area contributed by atoms with Crippen LogP contribution in [0.2, 0.25) is 0 Å². The van der Waals surface area contributed by atoms with Gasteiger partial charge in [-0.1, -0.05) is 12.2 Å². The van der Waals surface area contributed by atoms with Crippen LogP contribution in [0, 0.1) is 15.2 Å². The molecule has 0 bridgehead atoms. The van der Waals surface area contributed by atoms with Gasteiger partial charge in [0.1, 0.15) is 17.4 Å². The molecule has 4 atom stereocenters. The van der Waals surface area contributed by atoms with Crippen molar-refractivity contribution in [3.63, 3.8) is 0 Å². The lowest BCUT2D eigenvalue weighted by Gasteiger charge is -2.28. The Morgan fingerprint density at radius 1 is 1.50 bits per heavy atom. The van der Waals surface area contributed by atoms with Gasteiger partial charge in [-0.15, -0.1) is 0 Å². The Morgan fingerprint density at radius 3 is 2.70 bits per heavy atom. The lowest BCUT2D eigenvalue weighted by atomic mass is 9.97. The van der Waals surface area contributed by atoms with Crippen LogP contribution < -0.4 is 0 Å². The Morgan fingerprint density at radius 2 is 2.15 bits per heavy atom. The number of nitrogens with zero attached hydrogens (tertiary/aromatic N) is 1. The number of rotatable bonds is 3. The first-order chi connectivity index (χ1) is 9.35. The maximum atomic E-state index is 13.9. The summed E-state index contributed by atoms with van der Waals surface area (Å²) in [4.78, 5) is 2.31. The highest BCUT2D eigenvalue weighted by Crippen LogP contribution is 2.40. The number of halogens is 3. The SMILES string of the molecule is OC[C@H]1O[C@@H](n2cc(F)c(=S)[nH]c2=S)[C@@](O)(CF)C1F. The van der Waals surface area contributed by atoms with Crippen molar-refractivity contribution in [2.24, 2.45) is 0 Å². The summed E-state index contributed by atoms with van der Waals surface area (Å²) in [5.74, 6) is -0.888. The third-order valence-electron chi connectivity index (χ3n) is 3.11. The predicted octanol–water partition coefficient (Wildman–Crippen LogP) is 1.34. The fourth-order valence-electron chi connectivity index (χ4n) is 2.03. The molecular formula is C10H11F3N2O3S2. The average molecular weight is 328 g/mol. The lowest BCUT2D eigenvalue weighted by molar-refractivity contribution is -0.112. The van der Waals surface area contributed by atoms with E-state index in [1.807, 2.05) is 0 Å². The number of aromatic nitrogens is 2. The molecule has 20 heavy (non-hydrogen) atoms. The number of aromatic amines is 1. The molecule has 1 fully saturated rings. The summed E-state index contributed by atoms with van der Waals surface area (Å²) in [6.45, 7) is -2.26. The zero-order chi connectivity index (χ0) is 15.1. The average Bonchev–Trinajstić information content (AvgIpc) is 2.67. The maximum absolute atomic E-state index is 13.9. The first-order valence-corrected chi connectivity index (χ1v) is 6.36. The highest BCUT2D eigenvalue weighted by atomic mass is 32.1. The van der Waals surface area contributed by atoms with Crippen LogP contribution in [0.4, 0.5) is 13.2 Å². The molecule has 0 aliphatic carbocycles. The van der Waals surface area contributed by atoms with E-state index < -0.39 is 43.2 Å². The highest BCUT2D eigenvalue weighted by molar-refractivity contribution is 7.72. The molecule has 0 aromatic carbocycles. The predicted molar refractivity (Wildman–Crippen MR) is 67.2 cm³/mol. The van der Waals surface area contributed by atoms with Crippen molar-refractivity contribution in [2.75, 3.05) is 13.3 Å². The molecule has 1 aliphatic rings. The van der Waals surface area contributed by atoms with Gasteiger partial charge in [0, 0.05) is 6.20 Å². The Bertz CT molecular complexity index is 623. The van der Waals surface area contributed by atoms with Gasteiger partial charge in [0.15, 0.2) is 28.6 Å². The van der Waals surface area contributed by atoms with E-state index in [9.17, 15) is 18.3 Å². The van der Waals surface area contributed by atoms with Gasteiger partial charge in [0.05, 0.1) is 6.61 Å². The third kappa shape index (κ3) is 2.31. The van der Waals surface area contributed by atoms with Crippen molar-refractivity contribution in [3.05, 3.63) is 21.4 Å². The van der Waals surface area contributed by atoms with Crippen LogP contribution in [0.5, 0.6) is 0 Å². The first-order valence-electron chi connectivity index (χ1n) is 5.55. The molecule has 112 valence electrons. The van der Waals surface area contributed by atoms with E-state index in [2.05, 4.69) is 17.2 Å². The smallest absolute Gasteiger partial charge is 0.180 e. The molecule has 1 saturated heterocycles. The number of alkyl halides is 2. The number of hydrogen-bond acceptors (Lipinski definition) is 5. The molecule has 10 heteroatoms. The minimum absolute atomic E-state index is 0.168. The Balaban J connectivity index is 2.54. The lowest BCUT2D eigenvalue weighted by Crippen LogP contribution is -2.46. The van der Waals surface area contributed by atoms with E-state index in [1.54, 1.807) is 0 Å². The standard InChI is InChI=1S/C10H11F3N2O3S2/c11-3-10(17)6(13)5(2-16)18-8(10)15-1-4(12)7(19)14-9(15)20/h1,5-6,8,16-17H,2-3H2,(H,14,19,20)/t5-,6?,8-,10-/m1/s1. The van der Waals surface area contributed by atoms with Crippen LogP contribution in [0.25, 0.3) is 0 Å². The second-order valence-corrected chi connectivity index (χ2v) is 5.17. The zero-order valence-corrected chi connectivity index (χ0v) is 11.6. The second kappa shape index (κ2) is 5.53. The zero-order valence-electron chi connectivity index (χ0n) is 9.92. The van der Waals surface area contributed by atoms with E-state index in [-0.39, 0.29) is 9.41 Å². The van der Waals surface area contributed by atoms with Crippen LogP contribution >= 0.6 is 24.4 Å². The molecule has 5 nitrogen and oxygen atoms in total. The molecule has 0 spiro atoms. The van der Waals surface area contributed by atoms with Crippen molar-refractivity contribution in [1.29, 1.82) is 0 Å². The van der Waals surface area contributed by atoms with Gasteiger partial charge >= 0.3 is 0 Å². The van der Waals surface area contributed by atoms with E-state index in [1.165, 1.54) is 0 Å². The topological polar surface area (TPSA) is 70.4 Å². The molecule has 1 aromatic heterocycles. The molecule has 0 saturated carbocycles. The molecule has 0 amide bonds. The molecule has 3 N–H and O–H groups in total. The van der Waals surface area contributed by atoms with Gasteiger partial charge < -0.3 is 19.9 Å². The van der Waals surface area contributed by atoms with Gasteiger partial charge in [0.25, 0.3) is 0 Å². The van der Waals surface area contributed by atoms with Crippen molar-refractivity contribution in [3.8, 4) is 0 Å². The van der Waals surface area contributed by atoms with E-state index in [0.717, 1.165) is 10.8 Å². The number of ether oxygens (including phenoxy) is 1. The van der Waals surface area contributed by atoms with E-state index in [4.69, 9.17) is 22.1 Å². The van der Waals surface area contributed by atoms with Crippen molar-refractivity contribution in [1.82, 2.24) is 9.55 Å². The van der Waals surface area contributed by atoms with Crippen LogP contribution in [0.3, 0.4) is 0 Å². The third-order valence-corrected chi connectivity index (χ3v) is 3.72. The van der Waals surface area contributed by atoms with Crippen molar-refractivity contribution in [2.45, 2.75) is 24.1 Å². The molecule has 2 heterocycles.